The SMILES string of the molecule is CNS(=O)(=O)c1ccc(C(N)=O)c(F)c1. The van der Waals surface area contributed by atoms with Gasteiger partial charge in [0.1, 0.15) is 5.82 Å². The third-order valence-corrected chi connectivity index (χ3v) is 3.20. The van der Waals surface area contributed by atoms with E-state index in [4.69, 9.17) is 5.73 Å². The smallest absolute Gasteiger partial charge is 0.251 e. The molecule has 0 aliphatic rings. The number of halogens is 1. The molecular formula is C8H9FN2O3S. The Morgan fingerprint density at radius 3 is 2.47 bits per heavy atom. The minimum absolute atomic E-state index is 0.257. The molecule has 3 N–H and O–H groups in total. The Kier molecular flexibility index (Phi) is 3.06. The van der Waals surface area contributed by atoms with Crippen LogP contribution in [0.15, 0.2) is 23.1 Å². The molecule has 0 aromatic heterocycles. The molecular weight excluding hydrogens is 223 g/mol. The Morgan fingerprint density at radius 2 is 2.07 bits per heavy atom. The first-order valence-electron chi connectivity index (χ1n) is 3.91. The van der Waals surface area contributed by atoms with Gasteiger partial charge >= 0.3 is 0 Å². The standard InChI is InChI=1S/C8H9FN2O3S/c1-11-15(13,14)5-2-3-6(8(10)12)7(9)4-5/h2-4,11H,1H3,(H2,10,12). The Bertz CT molecular complexity index is 499. The largest absolute Gasteiger partial charge is 0.366 e. The maximum Gasteiger partial charge on any atom is 0.251 e. The summed E-state index contributed by atoms with van der Waals surface area (Å²) in [6.45, 7) is 0. The molecule has 82 valence electrons. The summed E-state index contributed by atoms with van der Waals surface area (Å²) in [5, 5.41) is 0. The summed E-state index contributed by atoms with van der Waals surface area (Å²) in [5.41, 5.74) is 4.52. The number of hydrogen-bond acceptors (Lipinski definition) is 3. The molecule has 0 aliphatic carbocycles. The number of sulfonamides is 1. The number of nitrogens with one attached hydrogen (secondary N) is 1. The number of hydrogen-bond donors (Lipinski definition) is 2. The lowest BCUT2D eigenvalue weighted by Crippen LogP contribution is -2.20. The Morgan fingerprint density at radius 1 is 1.47 bits per heavy atom. The van der Waals surface area contributed by atoms with Gasteiger partial charge < -0.3 is 5.73 Å². The van der Waals surface area contributed by atoms with E-state index in [1.807, 2.05) is 4.72 Å². The summed E-state index contributed by atoms with van der Waals surface area (Å²) < 4.78 is 37.7. The fraction of sp³-hybridized carbons (Fsp3) is 0.125. The number of carbonyl (C=O) groups is 1. The molecule has 5 nitrogen and oxygen atoms in total. The minimum Gasteiger partial charge on any atom is -0.366 e. The second-order valence-corrected chi connectivity index (χ2v) is 4.60. The van der Waals surface area contributed by atoms with Crippen LogP contribution >= 0.6 is 0 Å². The van der Waals surface area contributed by atoms with Gasteiger partial charge in [-0.3, -0.25) is 4.79 Å². The minimum atomic E-state index is -3.71. The van der Waals surface area contributed by atoms with E-state index in [9.17, 15) is 17.6 Å². The predicted octanol–water partition coefficient (Wildman–Crippen LogP) is -0.167. The highest BCUT2D eigenvalue weighted by atomic mass is 32.2. The number of benzene rings is 1. The molecule has 0 bridgehead atoms. The highest BCUT2D eigenvalue weighted by molar-refractivity contribution is 7.89. The summed E-state index contributed by atoms with van der Waals surface area (Å²) >= 11 is 0. The molecule has 0 spiro atoms. The zero-order chi connectivity index (χ0) is 11.6. The number of carbonyl (C=O) groups excluding carboxylic acids is 1. The molecule has 0 saturated carbocycles. The van der Waals surface area contributed by atoms with E-state index in [-0.39, 0.29) is 10.5 Å². The van der Waals surface area contributed by atoms with Gasteiger partial charge in [-0.25, -0.2) is 17.5 Å². The summed E-state index contributed by atoms with van der Waals surface area (Å²) in [4.78, 5) is 10.4. The van der Waals surface area contributed by atoms with Crippen molar-refractivity contribution in [2.75, 3.05) is 7.05 Å². The van der Waals surface area contributed by atoms with E-state index in [1.54, 1.807) is 0 Å². The van der Waals surface area contributed by atoms with E-state index in [1.165, 1.54) is 7.05 Å². The van der Waals surface area contributed by atoms with Crippen LogP contribution in [-0.4, -0.2) is 21.4 Å². The van der Waals surface area contributed by atoms with Crippen molar-refractivity contribution < 1.29 is 17.6 Å². The van der Waals surface area contributed by atoms with Gasteiger partial charge in [0.05, 0.1) is 10.5 Å². The first-order chi connectivity index (χ1) is 6.88. The van der Waals surface area contributed by atoms with E-state index < -0.39 is 21.7 Å². The molecule has 0 saturated heterocycles. The van der Waals surface area contributed by atoms with Crippen LogP contribution < -0.4 is 10.5 Å². The van der Waals surface area contributed by atoms with Crippen LogP contribution in [0.5, 0.6) is 0 Å². The van der Waals surface area contributed by atoms with Crippen molar-refractivity contribution in [2.45, 2.75) is 4.90 Å². The normalized spacial score (nSPS) is 11.3. The molecule has 15 heavy (non-hydrogen) atoms. The molecule has 0 aliphatic heterocycles. The fourth-order valence-corrected chi connectivity index (χ4v) is 1.72. The Labute approximate surface area is 86.1 Å². The van der Waals surface area contributed by atoms with E-state index >= 15 is 0 Å². The van der Waals surface area contributed by atoms with Gasteiger partial charge in [-0.2, -0.15) is 0 Å². The van der Waals surface area contributed by atoms with E-state index in [0.717, 1.165) is 18.2 Å². The number of nitrogens with two attached hydrogens (primary N) is 1. The van der Waals surface area contributed by atoms with E-state index in [2.05, 4.69) is 0 Å². The first-order valence-corrected chi connectivity index (χ1v) is 5.39. The third-order valence-electron chi connectivity index (χ3n) is 1.79. The van der Waals surface area contributed by atoms with Crippen molar-refractivity contribution in [1.82, 2.24) is 4.72 Å². The van der Waals surface area contributed by atoms with Crippen molar-refractivity contribution in [1.29, 1.82) is 0 Å². The molecule has 1 aromatic carbocycles. The van der Waals surface area contributed by atoms with Crippen LogP contribution in [-0.2, 0) is 10.0 Å². The van der Waals surface area contributed by atoms with Gasteiger partial charge in [0.25, 0.3) is 5.91 Å². The zero-order valence-corrected chi connectivity index (χ0v) is 8.64. The van der Waals surface area contributed by atoms with Crippen molar-refractivity contribution >= 4 is 15.9 Å². The van der Waals surface area contributed by atoms with Gasteiger partial charge in [-0.15, -0.1) is 0 Å². The van der Waals surface area contributed by atoms with Gasteiger partial charge in [0, 0.05) is 0 Å². The van der Waals surface area contributed by atoms with Crippen LogP contribution in [0.1, 0.15) is 10.4 Å². The van der Waals surface area contributed by atoms with Crippen LogP contribution in [0.25, 0.3) is 0 Å². The maximum absolute atomic E-state index is 13.2. The zero-order valence-electron chi connectivity index (χ0n) is 7.82. The average Bonchev–Trinajstić information content (AvgIpc) is 2.17. The summed E-state index contributed by atoms with van der Waals surface area (Å²) in [5.74, 6) is -1.90. The van der Waals surface area contributed by atoms with Crippen LogP contribution in [0.4, 0.5) is 4.39 Å². The van der Waals surface area contributed by atoms with Crippen molar-refractivity contribution in [3.63, 3.8) is 0 Å². The number of rotatable bonds is 3. The second kappa shape index (κ2) is 3.95. The molecule has 1 rings (SSSR count). The lowest BCUT2D eigenvalue weighted by Gasteiger charge is -2.03. The number of primary amides is 1. The van der Waals surface area contributed by atoms with Crippen molar-refractivity contribution in [3.05, 3.63) is 29.6 Å². The van der Waals surface area contributed by atoms with Gasteiger partial charge in [-0.05, 0) is 25.2 Å². The molecule has 1 aromatic rings. The highest BCUT2D eigenvalue weighted by Crippen LogP contribution is 2.13. The Balaban J connectivity index is 3.30. The third kappa shape index (κ3) is 2.31. The molecule has 0 atom stereocenters. The maximum atomic E-state index is 13.2. The molecule has 0 heterocycles. The molecule has 0 radical (unpaired) electrons. The highest BCUT2D eigenvalue weighted by Gasteiger charge is 2.15. The van der Waals surface area contributed by atoms with Crippen LogP contribution in [0.3, 0.4) is 0 Å². The first kappa shape index (κ1) is 11.6. The fourth-order valence-electron chi connectivity index (χ4n) is 0.981. The predicted molar refractivity (Wildman–Crippen MR) is 51.2 cm³/mol. The second-order valence-electron chi connectivity index (χ2n) is 2.71. The lowest BCUT2D eigenvalue weighted by molar-refractivity contribution is 0.0996. The molecule has 0 fully saturated rings. The van der Waals surface area contributed by atoms with Gasteiger partial charge in [-0.1, -0.05) is 0 Å². The van der Waals surface area contributed by atoms with Crippen LogP contribution in [0, 0.1) is 5.82 Å². The lowest BCUT2D eigenvalue weighted by atomic mass is 10.2. The topological polar surface area (TPSA) is 89.3 Å². The molecule has 0 unspecified atom stereocenters. The quantitative estimate of drug-likeness (QED) is 0.758. The number of amides is 1. The van der Waals surface area contributed by atoms with Crippen molar-refractivity contribution in [3.8, 4) is 0 Å². The van der Waals surface area contributed by atoms with E-state index in [0.29, 0.717) is 0 Å². The Hall–Kier alpha value is -1.47. The summed E-state index contributed by atoms with van der Waals surface area (Å²) in [6.07, 6.45) is 0. The summed E-state index contributed by atoms with van der Waals surface area (Å²) in [7, 11) is -2.50. The monoisotopic (exact) mass is 232 g/mol. The average molecular weight is 232 g/mol. The molecule has 7 heteroatoms. The molecule has 1 amide bonds. The van der Waals surface area contributed by atoms with Crippen LogP contribution in [0.2, 0.25) is 0 Å². The van der Waals surface area contributed by atoms with Gasteiger partial charge in [0.15, 0.2) is 0 Å². The summed E-state index contributed by atoms with van der Waals surface area (Å²) in [6, 6.07) is 2.88. The van der Waals surface area contributed by atoms with Crippen molar-refractivity contribution in [2.24, 2.45) is 5.73 Å². The van der Waals surface area contributed by atoms with Gasteiger partial charge in [0.2, 0.25) is 10.0 Å².